The molecule has 2 aromatic carbocycles. The first kappa shape index (κ1) is 21.0. The average Bonchev–Trinajstić information content (AvgIpc) is 3.21. The molecule has 1 saturated heterocycles. The van der Waals surface area contributed by atoms with Crippen molar-refractivity contribution >= 4 is 17.7 Å². The molecule has 2 aliphatic heterocycles. The summed E-state index contributed by atoms with van der Waals surface area (Å²) in [7, 11) is 0. The van der Waals surface area contributed by atoms with Crippen molar-refractivity contribution in [3.05, 3.63) is 64.9 Å². The molecular weight excluding hydrogens is 422 g/mol. The first-order chi connectivity index (χ1) is 15.8. The number of aliphatic hydroxyl groups is 1. The van der Waals surface area contributed by atoms with E-state index in [1.165, 1.54) is 11.8 Å². The number of aliphatic carboxylic acids is 1. The Labute approximate surface area is 190 Å². The first-order valence-electron chi connectivity index (χ1n) is 10.7. The number of carbonyl (C=O) groups excluding carboxylic acids is 2. The number of rotatable bonds is 4. The van der Waals surface area contributed by atoms with Crippen LogP contribution >= 0.6 is 0 Å². The molecule has 7 heteroatoms. The first-order valence-corrected chi connectivity index (χ1v) is 10.7. The van der Waals surface area contributed by atoms with Gasteiger partial charge in [-0.3, -0.25) is 9.59 Å². The number of carbonyl (C=O) groups is 3. The number of ether oxygens (including phenoxy) is 1. The number of benzene rings is 2. The molecule has 2 heterocycles. The summed E-state index contributed by atoms with van der Waals surface area (Å²) in [6.07, 6.45) is -0.863. The summed E-state index contributed by atoms with van der Waals surface area (Å²) >= 11 is 0. The molecule has 2 N–H and O–H groups in total. The molecule has 33 heavy (non-hydrogen) atoms. The number of carboxylic acid groups (broad SMARTS) is 1. The molecule has 5 rings (SSSR count). The van der Waals surface area contributed by atoms with Crippen LogP contribution in [-0.4, -0.2) is 51.5 Å². The van der Waals surface area contributed by atoms with E-state index < -0.39 is 29.9 Å². The molecule has 1 fully saturated rings. The third kappa shape index (κ3) is 2.99. The predicted molar refractivity (Wildman–Crippen MR) is 118 cm³/mol. The lowest BCUT2D eigenvalue weighted by Gasteiger charge is -2.46. The SMILES string of the molecule is CC(O)C1C(=O)N2C(C(=O)O)=C(C#CCOc3cccc4c3-c3ccccc3C4=O)[C@H](C)C12. The van der Waals surface area contributed by atoms with Gasteiger partial charge in [-0.2, -0.15) is 0 Å². The summed E-state index contributed by atoms with van der Waals surface area (Å²) in [6, 6.07) is 12.2. The summed E-state index contributed by atoms with van der Waals surface area (Å²) in [5.74, 6) is 3.68. The molecule has 1 amide bonds. The molecule has 4 atom stereocenters. The van der Waals surface area contributed by atoms with E-state index >= 15 is 0 Å². The number of fused-ring (bicyclic) bond motifs is 4. The molecular formula is C26H21NO6. The lowest BCUT2D eigenvalue weighted by atomic mass is 9.78. The Morgan fingerprint density at radius 3 is 2.52 bits per heavy atom. The normalized spacial score (nSPS) is 23.2. The van der Waals surface area contributed by atoms with Crippen molar-refractivity contribution in [3.8, 4) is 28.7 Å². The van der Waals surface area contributed by atoms with Gasteiger partial charge in [0.05, 0.1) is 18.1 Å². The molecule has 0 spiro atoms. The molecule has 0 aromatic heterocycles. The van der Waals surface area contributed by atoms with Crippen LogP contribution in [0, 0.1) is 23.7 Å². The van der Waals surface area contributed by atoms with E-state index in [2.05, 4.69) is 11.8 Å². The second-order valence-electron chi connectivity index (χ2n) is 8.47. The molecule has 3 unspecified atom stereocenters. The standard InChI is InChI=1S/C26H21NO6/c1-13-15(23(26(31)32)27-22(13)20(14(2)28)25(27)30)10-6-12-33-19-11-5-9-18-21(19)16-7-3-4-8-17(16)24(18)29/h3-5,7-9,11,13-14,20,22,28H,12H2,1-2H3,(H,31,32)/t13-,14?,20?,22?/m0/s1. The number of carboxylic acids is 1. The van der Waals surface area contributed by atoms with E-state index in [-0.39, 0.29) is 24.0 Å². The largest absolute Gasteiger partial charge is 0.480 e. The Morgan fingerprint density at radius 2 is 1.82 bits per heavy atom. The maximum Gasteiger partial charge on any atom is 0.353 e. The van der Waals surface area contributed by atoms with Gasteiger partial charge >= 0.3 is 5.97 Å². The quantitative estimate of drug-likeness (QED) is 0.474. The zero-order valence-corrected chi connectivity index (χ0v) is 18.0. The van der Waals surface area contributed by atoms with Crippen molar-refractivity contribution in [3.63, 3.8) is 0 Å². The fourth-order valence-electron chi connectivity index (χ4n) is 5.13. The third-order valence-electron chi connectivity index (χ3n) is 6.61. The highest BCUT2D eigenvalue weighted by Crippen LogP contribution is 2.47. The van der Waals surface area contributed by atoms with E-state index in [1.54, 1.807) is 24.3 Å². The van der Waals surface area contributed by atoms with Crippen LogP contribution in [0.15, 0.2) is 53.7 Å². The molecule has 7 nitrogen and oxygen atoms in total. The predicted octanol–water partition coefficient (Wildman–Crippen LogP) is 2.48. The van der Waals surface area contributed by atoms with Crippen molar-refractivity contribution in [1.82, 2.24) is 4.90 Å². The number of hydrogen-bond donors (Lipinski definition) is 2. The average molecular weight is 443 g/mol. The van der Waals surface area contributed by atoms with Gasteiger partial charge in [-0.1, -0.05) is 55.2 Å². The minimum Gasteiger partial charge on any atom is -0.480 e. The van der Waals surface area contributed by atoms with E-state index in [0.29, 0.717) is 22.4 Å². The van der Waals surface area contributed by atoms with Crippen LogP contribution in [0.25, 0.3) is 11.1 Å². The molecule has 1 aliphatic carbocycles. The maximum absolute atomic E-state index is 12.7. The summed E-state index contributed by atoms with van der Waals surface area (Å²) in [4.78, 5) is 38.2. The Bertz CT molecular complexity index is 1310. The zero-order valence-electron chi connectivity index (χ0n) is 18.0. The summed E-state index contributed by atoms with van der Waals surface area (Å²) < 4.78 is 5.88. The van der Waals surface area contributed by atoms with Gasteiger partial charge in [0.25, 0.3) is 0 Å². The second-order valence-corrected chi connectivity index (χ2v) is 8.47. The number of aliphatic hydroxyl groups excluding tert-OH is 1. The zero-order chi connectivity index (χ0) is 23.4. The second kappa shape index (κ2) is 7.61. The number of ketones is 1. The highest BCUT2D eigenvalue weighted by Gasteiger charge is 2.59. The summed E-state index contributed by atoms with van der Waals surface area (Å²) in [6.45, 7) is 3.33. The minimum atomic E-state index is -1.22. The number of β-lactam (4-membered cyclic amide) rings is 1. The van der Waals surface area contributed by atoms with Crippen LogP contribution in [0.1, 0.15) is 29.8 Å². The van der Waals surface area contributed by atoms with Crippen molar-refractivity contribution in [1.29, 1.82) is 0 Å². The highest BCUT2D eigenvalue weighted by molar-refractivity contribution is 6.22. The number of hydrogen-bond acceptors (Lipinski definition) is 5. The van der Waals surface area contributed by atoms with Crippen LogP contribution in [0.3, 0.4) is 0 Å². The smallest absolute Gasteiger partial charge is 0.353 e. The van der Waals surface area contributed by atoms with Gasteiger partial charge in [0.15, 0.2) is 5.78 Å². The van der Waals surface area contributed by atoms with Gasteiger partial charge < -0.3 is 19.8 Å². The van der Waals surface area contributed by atoms with Crippen LogP contribution < -0.4 is 4.74 Å². The minimum absolute atomic E-state index is 0.0195. The van der Waals surface area contributed by atoms with Crippen LogP contribution in [0.4, 0.5) is 0 Å². The highest BCUT2D eigenvalue weighted by atomic mass is 16.5. The molecule has 3 aliphatic rings. The molecule has 0 saturated carbocycles. The Hall–Kier alpha value is -3.89. The van der Waals surface area contributed by atoms with Gasteiger partial charge in [0.1, 0.15) is 18.1 Å². The lowest BCUT2D eigenvalue weighted by molar-refractivity contribution is -0.163. The number of nitrogens with zero attached hydrogens (tertiary/aromatic N) is 1. The topological polar surface area (TPSA) is 104 Å². The fraction of sp³-hybridized carbons (Fsp3) is 0.269. The third-order valence-corrected chi connectivity index (χ3v) is 6.61. The lowest BCUT2D eigenvalue weighted by Crippen LogP contribution is -2.63. The Balaban J connectivity index is 1.40. The van der Waals surface area contributed by atoms with E-state index in [0.717, 1.165) is 11.1 Å². The Kier molecular flexibility index (Phi) is 4.84. The summed E-state index contributed by atoms with van der Waals surface area (Å²) in [5, 5.41) is 19.6. The van der Waals surface area contributed by atoms with Gasteiger partial charge in [-0.15, -0.1) is 0 Å². The van der Waals surface area contributed by atoms with Crippen LogP contribution in [0.5, 0.6) is 5.75 Å². The Morgan fingerprint density at radius 1 is 1.12 bits per heavy atom. The van der Waals surface area contributed by atoms with Crippen LogP contribution in [0.2, 0.25) is 0 Å². The van der Waals surface area contributed by atoms with Crippen molar-refractivity contribution < 1.29 is 29.3 Å². The van der Waals surface area contributed by atoms with Crippen molar-refractivity contribution in [2.24, 2.45) is 11.8 Å². The van der Waals surface area contributed by atoms with Crippen molar-refractivity contribution in [2.45, 2.75) is 26.0 Å². The van der Waals surface area contributed by atoms with E-state index in [1.807, 2.05) is 25.1 Å². The van der Waals surface area contributed by atoms with Gasteiger partial charge in [0.2, 0.25) is 5.91 Å². The van der Waals surface area contributed by atoms with Gasteiger partial charge in [-0.25, -0.2) is 4.79 Å². The van der Waals surface area contributed by atoms with Crippen molar-refractivity contribution in [2.75, 3.05) is 6.61 Å². The van der Waals surface area contributed by atoms with Crippen LogP contribution in [-0.2, 0) is 9.59 Å². The van der Waals surface area contributed by atoms with Gasteiger partial charge in [-0.05, 0) is 18.6 Å². The maximum atomic E-state index is 12.7. The number of amides is 1. The molecule has 0 radical (unpaired) electrons. The molecule has 0 bridgehead atoms. The van der Waals surface area contributed by atoms with Gasteiger partial charge in [0, 0.05) is 28.2 Å². The van der Waals surface area contributed by atoms with E-state index in [9.17, 15) is 24.6 Å². The molecule has 166 valence electrons. The van der Waals surface area contributed by atoms with E-state index in [4.69, 9.17) is 4.74 Å². The monoisotopic (exact) mass is 443 g/mol. The summed E-state index contributed by atoms with van der Waals surface area (Å²) in [5.41, 5.74) is 2.98. The molecule has 2 aromatic rings. The fourth-order valence-corrected chi connectivity index (χ4v) is 5.13.